The van der Waals surface area contributed by atoms with Crippen molar-refractivity contribution in [1.29, 1.82) is 0 Å². The summed E-state index contributed by atoms with van der Waals surface area (Å²) in [6.07, 6.45) is 0. The second kappa shape index (κ2) is 13.0. The molecule has 37 heavy (non-hydrogen) atoms. The van der Waals surface area contributed by atoms with Crippen molar-refractivity contribution in [2.75, 3.05) is 0 Å². The normalized spacial score (nSPS) is 10.5. The first-order chi connectivity index (χ1) is 17.1. The van der Waals surface area contributed by atoms with Gasteiger partial charge < -0.3 is 15.3 Å². The number of rotatable bonds is 5. The molecule has 0 aliphatic heterocycles. The first kappa shape index (κ1) is 29.6. The van der Waals surface area contributed by atoms with Crippen LogP contribution in [0.25, 0.3) is 33.9 Å². The van der Waals surface area contributed by atoms with Crippen LogP contribution in [-0.4, -0.2) is 31.3 Å². The molecular weight excluding hydrogens is 507 g/mol. The number of carbonyl (C=O) groups is 1. The van der Waals surface area contributed by atoms with Crippen molar-refractivity contribution < 1.29 is 37.2 Å². The predicted octanol–water partition coefficient (Wildman–Crippen LogP) is 7.22. The van der Waals surface area contributed by atoms with Crippen molar-refractivity contribution in [3.63, 3.8) is 0 Å². The van der Waals surface area contributed by atoms with Gasteiger partial charge in [-0.1, -0.05) is 52.0 Å². The summed E-state index contributed by atoms with van der Waals surface area (Å²) in [5.74, 6) is 0.280. The van der Waals surface area contributed by atoms with E-state index in [4.69, 9.17) is 19.9 Å². The molecule has 193 valence electrons. The molecule has 0 fully saturated rings. The van der Waals surface area contributed by atoms with Crippen LogP contribution in [0.3, 0.4) is 0 Å². The number of phenols is 2. The van der Waals surface area contributed by atoms with Gasteiger partial charge in [0.15, 0.2) is 0 Å². The summed E-state index contributed by atoms with van der Waals surface area (Å²) >= 11 is 0. The van der Waals surface area contributed by atoms with Gasteiger partial charge in [0, 0.05) is 35.1 Å². The van der Waals surface area contributed by atoms with Gasteiger partial charge in [-0.05, 0) is 71.5 Å². The number of carboxylic acids is 1. The van der Waals surface area contributed by atoms with Crippen molar-refractivity contribution in [2.45, 2.75) is 46.5 Å². The molecule has 0 atom stereocenters. The van der Waals surface area contributed by atoms with Gasteiger partial charge in [0.1, 0.15) is 11.5 Å². The number of hydrogen-bond acceptors (Lipinski definition) is 5. The average molecular weight is 540 g/mol. The Morgan fingerprint density at radius 1 is 0.649 bits per heavy atom. The fourth-order valence-electron chi connectivity index (χ4n) is 3.69. The minimum atomic E-state index is -0.833. The van der Waals surface area contributed by atoms with Crippen LogP contribution in [0.5, 0.6) is 11.5 Å². The Balaban J connectivity index is 0.000000898. The van der Waals surface area contributed by atoms with Gasteiger partial charge in [-0.15, -0.1) is 0 Å². The van der Waals surface area contributed by atoms with Crippen molar-refractivity contribution >= 4 is 5.97 Å². The van der Waals surface area contributed by atoms with Crippen LogP contribution < -0.4 is 0 Å². The van der Waals surface area contributed by atoms with Gasteiger partial charge in [-0.25, -0.2) is 9.97 Å². The number of hydrogen-bond donors (Lipinski definition) is 3. The van der Waals surface area contributed by atoms with E-state index in [0.717, 1.165) is 18.1 Å². The van der Waals surface area contributed by atoms with Gasteiger partial charge in [0.2, 0.25) is 0 Å². The van der Waals surface area contributed by atoms with Crippen LogP contribution in [0.4, 0.5) is 0 Å². The Labute approximate surface area is 228 Å². The van der Waals surface area contributed by atoms with E-state index in [1.807, 2.05) is 60.7 Å². The van der Waals surface area contributed by atoms with E-state index >= 15 is 0 Å². The van der Waals surface area contributed by atoms with Gasteiger partial charge in [0.05, 0.1) is 22.8 Å². The zero-order valence-electron chi connectivity index (χ0n) is 21.6. The van der Waals surface area contributed by atoms with Gasteiger partial charge >= 0.3 is 0 Å². The summed E-state index contributed by atoms with van der Waals surface area (Å²) in [5, 5.41) is 28.3. The summed E-state index contributed by atoms with van der Waals surface area (Å²) in [4.78, 5) is 18.6. The summed E-state index contributed by atoms with van der Waals surface area (Å²) < 4.78 is 0. The number of pyridine rings is 2. The second-order valence-electron chi connectivity index (χ2n) is 9.20. The third-order valence-corrected chi connectivity index (χ3v) is 5.69. The summed E-state index contributed by atoms with van der Waals surface area (Å²) in [5.41, 5.74) is 6.50. The fraction of sp³-hybridized carbons (Fsp3) is 0.233. The van der Waals surface area contributed by atoms with E-state index in [1.54, 1.807) is 12.1 Å². The molecule has 2 aromatic carbocycles. The zero-order chi connectivity index (χ0) is 26.4. The Morgan fingerprint density at radius 3 is 1.30 bits per heavy atom. The van der Waals surface area contributed by atoms with Crippen LogP contribution in [0, 0.1) is 0 Å². The van der Waals surface area contributed by atoms with Crippen molar-refractivity contribution in [2.24, 2.45) is 0 Å². The van der Waals surface area contributed by atoms with E-state index in [2.05, 4.69) is 27.7 Å². The average Bonchev–Trinajstić information content (AvgIpc) is 2.84. The van der Waals surface area contributed by atoms with Gasteiger partial charge in [0.25, 0.3) is 5.97 Å². The first-order valence-electron chi connectivity index (χ1n) is 11.9. The standard InChI is InChI=1S/C28H28N2O2.C2H4O2.Mn/c1-17(2)19-11-13-27(31)21(15-19)23-7-5-9-25(29-23)26-10-6-8-24(30-26)22-16-20(18(3)4)12-14-28(22)32;1-2(3)4;/h5-18,31-32H,1-4H3;1H3,(H,3,4);. The molecule has 3 N–H and O–H groups in total. The molecule has 4 aromatic rings. The maximum atomic E-state index is 10.4. The Kier molecular flexibility index (Phi) is 10.4. The number of benzene rings is 2. The summed E-state index contributed by atoms with van der Waals surface area (Å²) in [6.45, 7) is 9.58. The minimum absolute atomic E-state index is 0. The molecule has 0 unspecified atom stereocenters. The molecule has 0 amide bonds. The van der Waals surface area contributed by atoms with Crippen LogP contribution in [0.1, 0.15) is 57.6 Å². The van der Waals surface area contributed by atoms with E-state index in [0.29, 0.717) is 45.7 Å². The van der Waals surface area contributed by atoms with Gasteiger partial charge in [-0.3, -0.25) is 4.79 Å². The zero-order valence-corrected chi connectivity index (χ0v) is 22.8. The quantitative estimate of drug-likeness (QED) is 0.231. The van der Waals surface area contributed by atoms with E-state index in [1.165, 1.54) is 0 Å². The third kappa shape index (κ3) is 7.65. The second-order valence-corrected chi connectivity index (χ2v) is 9.20. The SMILES string of the molecule is CC(=O)O.CC(C)c1ccc(O)c(-c2cccc(-c3cccc(-c4cc(C(C)C)ccc4O)n3)n2)c1.[Mn]. The predicted molar refractivity (Wildman–Crippen MR) is 143 cm³/mol. The Hall–Kier alpha value is -3.67. The number of nitrogens with zero attached hydrogens (tertiary/aromatic N) is 2. The molecule has 6 nitrogen and oxygen atoms in total. The smallest absolute Gasteiger partial charge is 0.300 e. The molecule has 4 rings (SSSR count). The molecule has 1 radical (unpaired) electrons. The maximum absolute atomic E-state index is 10.4. The van der Waals surface area contributed by atoms with E-state index in [-0.39, 0.29) is 28.6 Å². The number of aromatic hydroxyl groups is 2. The number of aliphatic carboxylic acids is 1. The molecule has 0 spiro atoms. The van der Waals surface area contributed by atoms with E-state index in [9.17, 15) is 10.2 Å². The van der Waals surface area contributed by atoms with Crippen molar-refractivity contribution in [1.82, 2.24) is 9.97 Å². The van der Waals surface area contributed by atoms with Crippen LogP contribution >= 0.6 is 0 Å². The largest absolute Gasteiger partial charge is 0.507 e. The number of carboxylic acid groups (broad SMARTS) is 1. The molecule has 0 saturated carbocycles. The monoisotopic (exact) mass is 539 g/mol. The van der Waals surface area contributed by atoms with E-state index < -0.39 is 5.97 Å². The number of phenolic OH excluding ortho intramolecular Hbond substituents is 2. The van der Waals surface area contributed by atoms with Crippen LogP contribution in [-0.2, 0) is 21.9 Å². The summed E-state index contributed by atoms with van der Waals surface area (Å²) in [6, 6.07) is 22.8. The number of aromatic nitrogens is 2. The first-order valence-corrected chi connectivity index (χ1v) is 11.9. The molecule has 0 aliphatic carbocycles. The van der Waals surface area contributed by atoms with Gasteiger partial charge in [-0.2, -0.15) is 0 Å². The Morgan fingerprint density at radius 2 is 0.973 bits per heavy atom. The van der Waals surface area contributed by atoms with Crippen LogP contribution in [0.2, 0.25) is 0 Å². The molecule has 0 bridgehead atoms. The molecule has 0 saturated heterocycles. The topological polar surface area (TPSA) is 104 Å². The fourth-order valence-corrected chi connectivity index (χ4v) is 3.69. The van der Waals surface area contributed by atoms with Crippen LogP contribution in [0.15, 0.2) is 72.8 Å². The Bertz CT molecular complexity index is 1270. The van der Waals surface area contributed by atoms with Crippen molar-refractivity contribution in [3.05, 3.63) is 83.9 Å². The molecule has 7 heteroatoms. The molecule has 2 heterocycles. The molecular formula is C30H32MnN2O4. The van der Waals surface area contributed by atoms with Crippen molar-refractivity contribution in [3.8, 4) is 45.4 Å². The summed E-state index contributed by atoms with van der Waals surface area (Å²) in [7, 11) is 0. The molecule has 0 aliphatic rings. The molecule has 2 aromatic heterocycles. The third-order valence-electron chi connectivity index (χ3n) is 5.69. The minimum Gasteiger partial charge on any atom is -0.507 e. The maximum Gasteiger partial charge on any atom is 0.300 e.